The third-order valence-electron chi connectivity index (χ3n) is 5.27. The molecular formula is C21H24F2N2O. The number of likely N-dealkylation sites (tertiary alicyclic amines) is 1. The Morgan fingerprint density at radius 1 is 1.12 bits per heavy atom. The number of carbonyl (C=O) groups excluding carboxylic acids is 1. The Morgan fingerprint density at radius 3 is 2.35 bits per heavy atom. The summed E-state index contributed by atoms with van der Waals surface area (Å²) in [5.41, 5.74) is 7.92. The summed E-state index contributed by atoms with van der Waals surface area (Å²) in [7, 11) is 0. The third-order valence-corrected chi connectivity index (χ3v) is 5.27. The van der Waals surface area contributed by atoms with Crippen molar-refractivity contribution in [2.24, 2.45) is 11.7 Å². The van der Waals surface area contributed by atoms with Gasteiger partial charge < -0.3 is 10.6 Å². The van der Waals surface area contributed by atoms with Gasteiger partial charge in [0, 0.05) is 30.3 Å². The van der Waals surface area contributed by atoms with Crippen LogP contribution in [-0.4, -0.2) is 29.9 Å². The van der Waals surface area contributed by atoms with E-state index in [1.54, 1.807) is 30.0 Å². The highest BCUT2D eigenvalue weighted by atomic mass is 19.1. The fraction of sp³-hybridized carbons (Fsp3) is 0.381. The van der Waals surface area contributed by atoms with E-state index in [1.807, 2.05) is 6.92 Å². The van der Waals surface area contributed by atoms with Crippen LogP contribution >= 0.6 is 0 Å². The number of rotatable bonds is 3. The number of carbonyl (C=O) groups is 1. The van der Waals surface area contributed by atoms with Crippen molar-refractivity contribution in [3.8, 4) is 11.1 Å². The number of amides is 1. The molecule has 1 aliphatic rings. The maximum absolute atomic E-state index is 14.6. The summed E-state index contributed by atoms with van der Waals surface area (Å²) in [6, 6.07) is 8.88. The molecule has 0 aliphatic carbocycles. The molecule has 2 aromatic rings. The fourth-order valence-electron chi connectivity index (χ4n) is 3.61. The van der Waals surface area contributed by atoms with Crippen molar-refractivity contribution in [1.29, 1.82) is 0 Å². The molecule has 1 heterocycles. The van der Waals surface area contributed by atoms with Crippen LogP contribution in [0.5, 0.6) is 0 Å². The predicted molar refractivity (Wildman–Crippen MR) is 98.8 cm³/mol. The summed E-state index contributed by atoms with van der Waals surface area (Å²) in [6.07, 6.45) is 1.75. The van der Waals surface area contributed by atoms with Gasteiger partial charge in [-0.2, -0.15) is 0 Å². The van der Waals surface area contributed by atoms with E-state index in [0.29, 0.717) is 41.3 Å². The van der Waals surface area contributed by atoms with Crippen molar-refractivity contribution in [2.75, 3.05) is 13.1 Å². The lowest BCUT2D eigenvalue weighted by atomic mass is 9.90. The van der Waals surface area contributed by atoms with E-state index in [4.69, 9.17) is 5.73 Å². The quantitative estimate of drug-likeness (QED) is 0.896. The first kappa shape index (κ1) is 18.5. The van der Waals surface area contributed by atoms with Crippen LogP contribution in [0.2, 0.25) is 0 Å². The maximum atomic E-state index is 14.6. The molecule has 138 valence electrons. The fourth-order valence-corrected chi connectivity index (χ4v) is 3.61. The van der Waals surface area contributed by atoms with Crippen molar-refractivity contribution >= 4 is 5.91 Å². The number of aryl methyl sites for hydroxylation is 1. The molecule has 1 amide bonds. The number of halogens is 2. The van der Waals surface area contributed by atoms with Gasteiger partial charge >= 0.3 is 0 Å². The third kappa shape index (κ3) is 3.78. The van der Waals surface area contributed by atoms with Crippen LogP contribution in [-0.2, 0) is 0 Å². The van der Waals surface area contributed by atoms with Crippen molar-refractivity contribution in [2.45, 2.75) is 32.7 Å². The molecule has 2 N–H and O–H groups in total. The van der Waals surface area contributed by atoms with Gasteiger partial charge in [-0.25, -0.2) is 8.78 Å². The standard InChI is InChI=1S/C21H24F2N2O/c1-13-11-17(22)4-6-18(13)19-5-3-16(12-20(19)23)21(26)25-9-7-15(8-10-25)14(2)24/h3-6,11-12,14-15H,7-10,24H2,1-2H3. The second kappa shape index (κ2) is 7.54. The van der Waals surface area contributed by atoms with Crippen LogP contribution < -0.4 is 5.73 Å². The molecule has 1 fully saturated rings. The summed E-state index contributed by atoms with van der Waals surface area (Å²) in [4.78, 5) is 14.4. The predicted octanol–water partition coefficient (Wildman–Crippen LogP) is 4.14. The Balaban J connectivity index is 1.78. The highest BCUT2D eigenvalue weighted by Gasteiger charge is 2.26. The summed E-state index contributed by atoms with van der Waals surface area (Å²) in [5, 5.41) is 0. The molecule has 3 rings (SSSR count). The number of hydrogen-bond donors (Lipinski definition) is 1. The monoisotopic (exact) mass is 358 g/mol. The average Bonchev–Trinajstić information content (AvgIpc) is 2.62. The van der Waals surface area contributed by atoms with Crippen molar-refractivity contribution in [3.63, 3.8) is 0 Å². The van der Waals surface area contributed by atoms with Crippen molar-refractivity contribution in [1.82, 2.24) is 4.90 Å². The first-order chi connectivity index (χ1) is 12.4. The van der Waals surface area contributed by atoms with Crippen LogP contribution in [0, 0.1) is 24.5 Å². The van der Waals surface area contributed by atoms with Crippen LogP contribution in [0.1, 0.15) is 35.7 Å². The van der Waals surface area contributed by atoms with Crippen molar-refractivity contribution < 1.29 is 13.6 Å². The van der Waals surface area contributed by atoms with Crippen LogP contribution in [0.4, 0.5) is 8.78 Å². The minimum absolute atomic E-state index is 0.128. The molecule has 1 atom stereocenters. The molecule has 1 aliphatic heterocycles. The van der Waals surface area contributed by atoms with Gasteiger partial charge in [0.05, 0.1) is 0 Å². The van der Waals surface area contributed by atoms with Gasteiger partial charge in [-0.1, -0.05) is 12.1 Å². The van der Waals surface area contributed by atoms with E-state index in [-0.39, 0.29) is 17.8 Å². The lowest BCUT2D eigenvalue weighted by molar-refractivity contribution is 0.0680. The number of nitrogens with two attached hydrogens (primary N) is 1. The van der Waals surface area contributed by atoms with Gasteiger partial charge in [0.2, 0.25) is 0 Å². The zero-order chi connectivity index (χ0) is 18.8. The second-order valence-electron chi connectivity index (χ2n) is 7.14. The summed E-state index contributed by atoms with van der Waals surface area (Å²) in [6.45, 7) is 5.02. The minimum atomic E-state index is -0.476. The van der Waals surface area contributed by atoms with E-state index in [2.05, 4.69) is 0 Å². The summed E-state index contributed by atoms with van der Waals surface area (Å²) in [5.74, 6) is -0.557. The van der Waals surface area contributed by atoms with E-state index in [1.165, 1.54) is 18.2 Å². The molecule has 5 heteroatoms. The second-order valence-corrected chi connectivity index (χ2v) is 7.14. The van der Waals surface area contributed by atoms with E-state index < -0.39 is 5.82 Å². The van der Waals surface area contributed by atoms with Crippen molar-refractivity contribution in [3.05, 3.63) is 59.2 Å². The molecule has 0 bridgehead atoms. The molecular weight excluding hydrogens is 334 g/mol. The average molecular weight is 358 g/mol. The number of hydrogen-bond acceptors (Lipinski definition) is 2. The topological polar surface area (TPSA) is 46.3 Å². The highest BCUT2D eigenvalue weighted by Crippen LogP contribution is 2.28. The zero-order valence-electron chi connectivity index (χ0n) is 15.1. The Kier molecular flexibility index (Phi) is 5.37. The molecule has 1 unspecified atom stereocenters. The molecule has 26 heavy (non-hydrogen) atoms. The molecule has 0 spiro atoms. The summed E-state index contributed by atoms with van der Waals surface area (Å²) >= 11 is 0. The zero-order valence-corrected chi connectivity index (χ0v) is 15.1. The highest BCUT2D eigenvalue weighted by molar-refractivity contribution is 5.95. The molecule has 0 aromatic heterocycles. The van der Waals surface area contributed by atoms with Crippen LogP contribution in [0.3, 0.4) is 0 Å². The van der Waals surface area contributed by atoms with Gasteiger partial charge in [-0.15, -0.1) is 0 Å². The Labute approximate surface area is 152 Å². The van der Waals surface area contributed by atoms with E-state index in [0.717, 1.165) is 12.8 Å². The largest absolute Gasteiger partial charge is 0.339 e. The molecule has 1 saturated heterocycles. The maximum Gasteiger partial charge on any atom is 0.253 e. The molecule has 2 aromatic carbocycles. The number of benzene rings is 2. The Hall–Kier alpha value is -2.27. The van der Waals surface area contributed by atoms with Crippen LogP contribution in [0.15, 0.2) is 36.4 Å². The summed E-state index contributed by atoms with van der Waals surface area (Å²) < 4.78 is 27.9. The molecule has 3 nitrogen and oxygen atoms in total. The van der Waals surface area contributed by atoms with Gasteiger partial charge in [-0.05, 0) is 68.0 Å². The van der Waals surface area contributed by atoms with Gasteiger partial charge in [0.1, 0.15) is 11.6 Å². The van der Waals surface area contributed by atoms with Gasteiger partial charge in [0.25, 0.3) is 5.91 Å². The lowest BCUT2D eigenvalue weighted by Gasteiger charge is -2.33. The lowest BCUT2D eigenvalue weighted by Crippen LogP contribution is -2.42. The smallest absolute Gasteiger partial charge is 0.253 e. The Morgan fingerprint density at radius 2 is 1.77 bits per heavy atom. The molecule has 0 radical (unpaired) electrons. The first-order valence-corrected chi connectivity index (χ1v) is 8.97. The first-order valence-electron chi connectivity index (χ1n) is 8.97. The van der Waals surface area contributed by atoms with Gasteiger partial charge in [0.15, 0.2) is 0 Å². The van der Waals surface area contributed by atoms with Crippen LogP contribution in [0.25, 0.3) is 11.1 Å². The number of nitrogens with zero attached hydrogens (tertiary/aromatic N) is 1. The normalized spacial score (nSPS) is 16.6. The Bertz CT molecular complexity index is 812. The molecule has 0 saturated carbocycles. The SMILES string of the molecule is Cc1cc(F)ccc1-c1ccc(C(=O)N2CCC(C(C)N)CC2)cc1F. The minimum Gasteiger partial charge on any atom is -0.339 e. The number of piperidine rings is 1. The van der Waals surface area contributed by atoms with E-state index >= 15 is 0 Å². The van der Waals surface area contributed by atoms with E-state index in [9.17, 15) is 13.6 Å². The van der Waals surface area contributed by atoms with Gasteiger partial charge in [-0.3, -0.25) is 4.79 Å².